The Bertz CT molecular complexity index is 982. The van der Waals surface area contributed by atoms with Crippen molar-refractivity contribution < 1.29 is 19.1 Å². The van der Waals surface area contributed by atoms with Gasteiger partial charge in [0, 0.05) is 6.54 Å². The van der Waals surface area contributed by atoms with Crippen LogP contribution in [0.2, 0.25) is 0 Å². The third kappa shape index (κ3) is 3.42. The van der Waals surface area contributed by atoms with Crippen LogP contribution in [0.1, 0.15) is 22.7 Å². The molecular weight excluding hydrogens is 368 g/mol. The van der Waals surface area contributed by atoms with E-state index in [0.717, 1.165) is 16.7 Å². The fourth-order valence-corrected chi connectivity index (χ4v) is 3.98. The maximum absolute atomic E-state index is 13.2. The fraction of sp³-hybridized carbons (Fsp3) is 0.261. The van der Waals surface area contributed by atoms with Gasteiger partial charge < -0.3 is 14.5 Å². The second-order valence-electron chi connectivity index (χ2n) is 7.35. The van der Waals surface area contributed by atoms with Crippen molar-refractivity contribution in [3.8, 4) is 0 Å². The zero-order valence-corrected chi connectivity index (χ0v) is 16.4. The van der Waals surface area contributed by atoms with Gasteiger partial charge in [0.25, 0.3) is 0 Å². The minimum atomic E-state index is -0.805. The number of aryl methyl sites for hydroxylation is 1. The average molecular weight is 390 g/mol. The quantitative estimate of drug-likeness (QED) is 0.752. The first kappa shape index (κ1) is 18.9. The molecule has 2 aromatic rings. The van der Waals surface area contributed by atoms with E-state index < -0.39 is 18.1 Å². The molecule has 4 rings (SSSR count). The molecule has 6 nitrogen and oxygen atoms in total. The normalized spacial score (nSPS) is 21.1. The minimum Gasteiger partial charge on any atom is -0.466 e. The van der Waals surface area contributed by atoms with Crippen LogP contribution in [0.25, 0.3) is 0 Å². The summed E-state index contributed by atoms with van der Waals surface area (Å²) in [7, 11) is 1.30. The Labute approximate surface area is 169 Å². The van der Waals surface area contributed by atoms with Crippen molar-refractivity contribution in [1.29, 1.82) is 0 Å². The van der Waals surface area contributed by atoms with Crippen LogP contribution in [0.15, 0.2) is 66.2 Å². The van der Waals surface area contributed by atoms with Crippen molar-refractivity contribution in [2.75, 3.05) is 13.7 Å². The van der Waals surface area contributed by atoms with E-state index in [4.69, 9.17) is 4.74 Å². The minimum absolute atomic E-state index is 0.0190. The molecule has 1 fully saturated rings. The number of hydrogen-bond acceptors (Lipinski definition) is 4. The number of piperazine rings is 1. The molecule has 0 spiro atoms. The van der Waals surface area contributed by atoms with E-state index in [1.165, 1.54) is 12.0 Å². The van der Waals surface area contributed by atoms with Crippen molar-refractivity contribution in [3.05, 3.63) is 82.9 Å². The zero-order chi connectivity index (χ0) is 20.5. The summed E-state index contributed by atoms with van der Waals surface area (Å²) in [6, 6.07) is 15.7. The van der Waals surface area contributed by atoms with Gasteiger partial charge in [0.05, 0.1) is 18.7 Å². The fourth-order valence-electron chi connectivity index (χ4n) is 3.98. The maximum atomic E-state index is 13.2. The van der Waals surface area contributed by atoms with Gasteiger partial charge >= 0.3 is 5.97 Å². The summed E-state index contributed by atoms with van der Waals surface area (Å²) in [5, 5.41) is 0. The van der Waals surface area contributed by atoms with Crippen LogP contribution in [0.4, 0.5) is 0 Å². The first-order chi connectivity index (χ1) is 14.0. The number of esters is 1. The van der Waals surface area contributed by atoms with Gasteiger partial charge in [-0.25, -0.2) is 4.79 Å². The van der Waals surface area contributed by atoms with Crippen molar-refractivity contribution in [3.63, 3.8) is 0 Å². The van der Waals surface area contributed by atoms with Gasteiger partial charge in [0.1, 0.15) is 12.6 Å². The largest absolute Gasteiger partial charge is 0.466 e. The summed E-state index contributed by atoms with van der Waals surface area (Å²) in [5.74, 6) is -0.907. The van der Waals surface area contributed by atoms with Crippen molar-refractivity contribution in [2.24, 2.45) is 0 Å². The molecule has 0 aliphatic carbocycles. The summed E-state index contributed by atoms with van der Waals surface area (Å²) >= 11 is 0. The number of rotatable bonds is 4. The van der Waals surface area contributed by atoms with Crippen molar-refractivity contribution >= 4 is 17.8 Å². The Kier molecular flexibility index (Phi) is 4.92. The number of methoxy groups -OCH3 is 1. The number of amides is 2. The highest BCUT2D eigenvalue weighted by Gasteiger charge is 2.49. The first-order valence-corrected chi connectivity index (χ1v) is 9.50. The van der Waals surface area contributed by atoms with E-state index in [1.54, 1.807) is 11.0 Å². The van der Waals surface area contributed by atoms with Crippen LogP contribution in [0.5, 0.6) is 0 Å². The highest BCUT2D eigenvalue weighted by atomic mass is 16.5. The molecule has 2 amide bonds. The molecule has 2 aliphatic heterocycles. The molecule has 0 bridgehead atoms. The van der Waals surface area contributed by atoms with Crippen LogP contribution in [-0.4, -0.2) is 47.3 Å². The average Bonchev–Trinajstić information content (AvgIpc) is 3.14. The van der Waals surface area contributed by atoms with Gasteiger partial charge in [0.15, 0.2) is 0 Å². The lowest BCUT2D eigenvalue weighted by Gasteiger charge is -2.39. The van der Waals surface area contributed by atoms with Gasteiger partial charge in [-0.1, -0.05) is 60.2 Å². The van der Waals surface area contributed by atoms with E-state index in [1.807, 2.05) is 61.5 Å². The molecule has 2 atom stereocenters. The smallest absolute Gasteiger partial charge is 0.335 e. The molecule has 2 heterocycles. The predicted molar refractivity (Wildman–Crippen MR) is 107 cm³/mol. The van der Waals surface area contributed by atoms with Gasteiger partial charge in [-0.05, 0) is 24.1 Å². The molecule has 0 unspecified atom stereocenters. The number of carbonyl (C=O) groups is 3. The van der Waals surface area contributed by atoms with E-state index in [9.17, 15) is 14.4 Å². The molecule has 2 aliphatic rings. The molecule has 0 N–H and O–H groups in total. The molecule has 2 aromatic carbocycles. The van der Waals surface area contributed by atoms with E-state index in [2.05, 4.69) is 0 Å². The Hall–Kier alpha value is -3.41. The number of fused-ring (bicyclic) bond motifs is 1. The van der Waals surface area contributed by atoms with E-state index in [0.29, 0.717) is 12.1 Å². The number of nitrogens with zero attached hydrogens (tertiary/aromatic N) is 2. The third-order valence-corrected chi connectivity index (χ3v) is 5.42. The Balaban J connectivity index is 1.69. The van der Waals surface area contributed by atoms with E-state index in [-0.39, 0.29) is 18.4 Å². The second kappa shape index (κ2) is 7.54. The number of hydrogen-bond donors (Lipinski definition) is 0. The molecule has 0 radical (unpaired) electrons. The molecular formula is C23H22N2O4. The first-order valence-electron chi connectivity index (χ1n) is 9.50. The highest BCUT2D eigenvalue weighted by Crippen LogP contribution is 2.40. The lowest BCUT2D eigenvalue weighted by Crippen LogP contribution is -2.57. The van der Waals surface area contributed by atoms with Crippen molar-refractivity contribution in [1.82, 2.24) is 9.80 Å². The van der Waals surface area contributed by atoms with Gasteiger partial charge in [0.2, 0.25) is 11.8 Å². The third-order valence-electron chi connectivity index (χ3n) is 5.42. The predicted octanol–water partition coefficient (Wildman–Crippen LogP) is 2.39. The summed E-state index contributed by atoms with van der Waals surface area (Å²) in [6.45, 7) is 2.30. The Morgan fingerprint density at radius 1 is 1.07 bits per heavy atom. The summed E-state index contributed by atoms with van der Waals surface area (Å²) in [4.78, 5) is 41.8. The lowest BCUT2D eigenvalue weighted by molar-refractivity contribution is -0.155. The Morgan fingerprint density at radius 2 is 1.76 bits per heavy atom. The monoisotopic (exact) mass is 390 g/mol. The molecule has 0 saturated carbocycles. The number of benzene rings is 2. The van der Waals surface area contributed by atoms with Crippen molar-refractivity contribution in [2.45, 2.75) is 25.6 Å². The van der Waals surface area contributed by atoms with Crippen LogP contribution in [0.3, 0.4) is 0 Å². The van der Waals surface area contributed by atoms with Gasteiger partial charge in [-0.2, -0.15) is 0 Å². The molecule has 148 valence electrons. The summed E-state index contributed by atoms with van der Waals surface area (Å²) in [6.07, 6.45) is 1.58. The zero-order valence-electron chi connectivity index (χ0n) is 16.4. The van der Waals surface area contributed by atoms with Crippen LogP contribution in [-0.2, 0) is 25.7 Å². The molecule has 6 heteroatoms. The highest BCUT2D eigenvalue weighted by molar-refractivity contribution is 6.02. The number of carbonyl (C=O) groups excluding carboxylic acids is 3. The maximum Gasteiger partial charge on any atom is 0.335 e. The van der Waals surface area contributed by atoms with Crippen LogP contribution >= 0.6 is 0 Å². The molecule has 1 saturated heterocycles. The Morgan fingerprint density at radius 3 is 2.41 bits per heavy atom. The standard InChI is InChI=1S/C23H22N2O4/c1-15-8-10-17(11-9-15)21-18(23(28)29-2)12-19-22(27)24(14-20(26)25(19)21)13-16-6-4-3-5-7-16/h3-12,19,21H,13-14H2,1-2H3/t19-,21-/m1/s1. The summed E-state index contributed by atoms with van der Waals surface area (Å²) in [5.41, 5.74) is 3.13. The van der Waals surface area contributed by atoms with Gasteiger partial charge in [-0.15, -0.1) is 0 Å². The summed E-state index contributed by atoms with van der Waals surface area (Å²) < 4.78 is 4.94. The SMILES string of the molecule is COC(=O)C1=C[C@@H]2C(=O)N(Cc3ccccc3)CC(=O)N2[C@@H]1c1ccc(C)cc1. The number of ether oxygens (including phenoxy) is 1. The van der Waals surface area contributed by atoms with Crippen LogP contribution < -0.4 is 0 Å². The molecule has 0 aromatic heterocycles. The lowest BCUT2D eigenvalue weighted by atomic mass is 9.98. The topological polar surface area (TPSA) is 66.9 Å². The van der Waals surface area contributed by atoms with E-state index >= 15 is 0 Å². The van der Waals surface area contributed by atoms with Crippen LogP contribution in [0, 0.1) is 6.92 Å². The molecule has 29 heavy (non-hydrogen) atoms. The van der Waals surface area contributed by atoms with Gasteiger partial charge in [-0.3, -0.25) is 9.59 Å². The second-order valence-corrected chi connectivity index (χ2v) is 7.35.